The normalized spacial score (nSPS) is 22.0. The molecule has 2 saturated heterocycles. The lowest BCUT2D eigenvalue weighted by atomic mass is 9.90. The number of nitrogens with zero attached hydrogens (tertiary/aromatic N) is 3. The van der Waals surface area contributed by atoms with Gasteiger partial charge in [0.05, 0.1) is 23.2 Å². The first-order valence-electron chi connectivity index (χ1n) is 10.3. The van der Waals surface area contributed by atoms with Crippen LogP contribution in [-0.4, -0.2) is 27.7 Å². The summed E-state index contributed by atoms with van der Waals surface area (Å²) in [4.78, 5) is 44.9. The van der Waals surface area contributed by atoms with E-state index in [4.69, 9.17) is 16.4 Å². The van der Waals surface area contributed by atoms with Crippen LogP contribution in [0.15, 0.2) is 78.9 Å². The van der Waals surface area contributed by atoms with Crippen molar-refractivity contribution in [2.45, 2.75) is 18.7 Å². The molecule has 5 rings (SSSR count). The number of benzene rings is 3. The number of carbonyl (C=O) groups excluding carboxylic acids is 2. The Bertz CT molecular complexity index is 1240. The molecular formula is C24H18ClN3O5. The molecule has 2 aliphatic heterocycles. The molecule has 0 radical (unpaired) electrons. The van der Waals surface area contributed by atoms with Crippen molar-refractivity contribution in [3.8, 4) is 0 Å². The molecule has 9 heteroatoms. The number of nitro benzene ring substituents is 1. The van der Waals surface area contributed by atoms with Crippen LogP contribution in [0.4, 0.5) is 11.4 Å². The average molecular weight is 464 g/mol. The van der Waals surface area contributed by atoms with Gasteiger partial charge in [-0.25, -0.2) is 5.06 Å². The molecule has 2 aliphatic rings. The minimum Gasteiger partial charge on any atom is -0.275 e. The van der Waals surface area contributed by atoms with Crippen molar-refractivity contribution >= 4 is 34.8 Å². The average Bonchev–Trinajstić information content (AvgIpc) is 3.32. The second-order valence-corrected chi connectivity index (χ2v) is 8.28. The third kappa shape index (κ3) is 3.63. The molecule has 3 aromatic rings. The minimum atomic E-state index is -1.05. The predicted octanol–water partition coefficient (Wildman–Crippen LogP) is 4.29. The van der Waals surface area contributed by atoms with Gasteiger partial charge >= 0.3 is 0 Å². The zero-order chi connectivity index (χ0) is 23.1. The molecule has 0 N–H and O–H groups in total. The Morgan fingerprint density at radius 1 is 0.939 bits per heavy atom. The van der Waals surface area contributed by atoms with Crippen molar-refractivity contribution in [2.24, 2.45) is 5.92 Å². The van der Waals surface area contributed by atoms with Gasteiger partial charge in [0.25, 0.3) is 11.6 Å². The summed E-state index contributed by atoms with van der Waals surface area (Å²) in [6.07, 6.45) is -1.05. The Kier molecular flexibility index (Phi) is 5.32. The van der Waals surface area contributed by atoms with Crippen molar-refractivity contribution in [1.29, 1.82) is 0 Å². The molecule has 0 bridgehead atoms. The Morgan fingerprint density at radius 3 is 2.27 bits per heavy atom. The lowest BCUT2D eigenvalue weighted by Crippen LogP contribution is -2.37. The summed E-state index contributed by atoms with van der Waals surface area (Å²) in [6.45, 7) is 0.121. The molecule has 8 nitrogen and oxygen atoms in total. The highest BCUT2D eigenvalue weighted by Gasteiger charge is 2.60. The van der Waals surface area contributed by atoms with Crippen LogP contribution in [0.2, 0.25) is 5.02 Å². The number of halogens is 1. The topological polar surface area (TPSA) is 93.0 Å². The summed E-state index contributed by atoms with van der Waals surface area (Å²) < 4.78 is 0. The first-order chi connectivity index (χ1) is 16.0. The van der Waals surface area contributed by atoms with Gasteiger partial charge in [0.15, 0.2) is 6.10 Å². The molecule has 2 amide bonds. The third-order valence-corrected chi connectivity index (χ3v) is 6.25. The van der Waals surface area contributed by atoms with Crippen molar-refractivity contribution in [3.63, 3.8) is 0 Å². The van der Waals surface area contributed by atoms with Crippen molar-refractivity contribution in [3.05, 3.63) is 105 Å². The minimum absolute atomic E-state index is 0.121. The summed E-state index contributed by atoms with van der Waals surface area (Å²) in [6, 6.07) is 21.4. The summed E-state index contributed by atoms with van der Waals surface area (Å²) in [5, 5.41) is 13.1. The maximum Gasteiger partial charge on any atom is 0.269 e. The van der Waals surface area contributed by atoms with Gasteiger partial charge in [0, 0.05) is 22.7 Å². The highest BCUT2D eigenvalue weighted by atomic mass is 35.5. The van der Waals surface area contributed by atoms with Crippen molar-refractivity contribution < 1.29 is 19.3 Å². The van der Waals surface area contributed by atoms with Gasteiger partial charge in [-0.1, -0.05) is 60.1 Å². The molecular weight excluding hydrogens is 446 g/mol. The summed E-state index contributed by atoms with van der Waals surface area (Å²) in [5.74, 6) is -1.75. The molecule has 0 saturated carbocycles. The zero-order valence-electron chi connectivity index (χ0n) is 17.2. The Labute approximate surface area is 194 Å². The Morgan fingerprint density at radius 2 is 1.61 bits per heavy atom. The summed E-state index contributed by atoms with van der Waals surface area (Å²) >= 11 is 6.46. The number of hydroxylamine groups is 1. The monoisotopic (exact) mass is 463 g/mol. The van der Waals surface area contributed by atoms with Gasteiger partial charge < -0.3 is 0 Å². The molecule has 2 heterocycles. The van der Waals surface area contributed by atoms with E-state index in [1.165, 1.54) is 28.2 Å². The SMILES string of the molecule is O=C1[C@@H]2[C@@H](ON(c3ccccc3)[C@H]2c2cc([N+](=O)[O-])ccc2Cl)C(=O)N1Cc1ccccc1. The van der Waals surface area contributed by atoms with Crippen LogP contribution in [0.25, 0.3) is 0 Å². The van der Waals surface area contributed by atoms with Crippen molar-refractivity contribution in [2.75, 3.05) is 5.06 Å². The fraction of sp³-hybridized carbons (Fsp3) is 0.167. The number of anilines is 1. The van der Waals surface area contributed by atoms with Crippen LogP contribution in [0.5, 0.6) is 0 Å². The predicted molar refractivity (Wildman–Crippen MR) is 120 cm³/mol. The van der Waals surface area contributed by atoms with E-state index in [0.29, 0.717) is 11.3 Å². The van der Waals surface area contributed by atoms with Gasteiger partial charge in [0.1, 0.15) is 5.92 Å². The number of imide groups is 1. The molecule has 3 atom stereocenters. The van der Waals surface area contributed by atoms with Gasteiger partial charge in [-0.3, -0.25) is 29.4 Å². The van der Waals surface area contributed by atoms with Gasteiger partial charge in [-0.15, -0.1) is 0 Å². The molecule has 0 unspecified atom stereocenters. The first-order valence-corrected chi connectivity index (χ1v) is 10.7. The van der Waals surface area contributed by atoms with Crippen LogP contribution < -0.4 is 5.06 Å². The smallest absolute Gasteiger partial charge is 0.269 e. The van der Waals surface area contributed by atoms with E-state index in [-0.39, 0.29) is 17.3 Å². The van der Waals surface area contributed by atoms with E-state index < -0.39 is 34.8 Å². The zero-order valence-corrected chi connectivity index (χ0v) is 18.0. The van der Waals surface area contributed by atoms with Crippen LogP contribution >= 0.6 is 11.6 Å². The van der Waals surface area contributed by atoms with Gasteiger partial charge in [-0.2, -0.15) is 0 Å². The number of nitro groups is 1. The van der Waals surface area contributed by atoms with E-state index in [9.17, 15) is 19.7 Å². The summed E-state index contributed by atoms with van der Waals surface area (Å²) in [5.41, 5.74) is 1.60. The number of para-hydroxylation sites is 1. The molecule has 0 aliphatic carbocycles. The largest absolute Gasteiger partial charge is 0.275 e. The highest BCUT2D eigenvalue weighted by molar-refractivity contribution is 6.31. The number of carbonyl (C=O) groups is 2. The van der Waals surface area contributed by atoms with Gasteiger partial charge in [-0.05, 0) is 23.8 Å². The van der Waals surface area contributed by atoms with E-state index in [2.05, 4.69) is 0 Å². The summed E-state index contributed by atoms with van der Waals surface area (Å²) in [7, 11) is 0. The van der Waals surface area contributed by atoms with Crippen molar-refractivity contribution in [1.82, 2.24) is 4.90 Å². The number of likely N-dealkylation sites (tertiary alicyclic amines) is 1. The molecule has 0 spiro atoms. The molecule has 33 heavy (non-hydrogen) atoms. The number of fused-ring (bicyclic) bond motifs is 1. The van der Waals surface area contributed by atoms with Crippen LogP contribution in [0.1, 0.15) is 17.2 Å². The Hall–Kier alpha value is -3.75. The fourth-order valence-corrected chi connectivity index (χ4v) is 4.61. The van der Waals surface area contributed by atoms with E-state index >= 15 is 0 Å². The molecule has 2 fully saturated rings. The van der Waals surface area contributed by atoms with Crippen LogP contribution in [0, 0.1) is 16.0 Å². The van der Waals surface area contributed by atoms with E-state index in [1.807, 2.05) is 36.4 Å². The van der Waals surface area contributed by atoms with Crippen LogP contribution in [-0.2, 0) is 21.0 Å². The third-order valence-electron chi connectivity index (χ3n) is 5.91. The lowest BCUT2D eigenvalue weighted by Gasteiger charge is -2.29. The van der Waals surface area contributed by atoms with Crippen LogP contribution in [0.3, 0.4) is 0 Å². The number of amides is 2. The highest BCUT2D eigenvalue weighted by Crippen LogP contribution is 2.49. The molecule has 166 valence electrons. The number of hydrogen-bond acceptors (Lipinski definition) is 6. The number of non-ortho nitro benzene ring substituents is 1. The standard InChI is InChI=1S/C24H18ClN3O5/c25-19-12-11-17(28(31)32)13-18(19)21-20-22(33-27(21)16-9-5-2-6-10-16)24(30)26(23(20)29)14-15-7-3-1-4-8-15/h1-13,20-22H,14H2/t20-,21-,22+/m0/s1. The maximum absolute atomic E-state index is 13.5. The second kappa shape index (κ2) is 8.31. The molecule has 3 aromatic carbocycles. The fourth-order valence-electron chi connectivity index (χ4n) is 4.38. The number of rotatable bonds is 5. The number of hydrogen-bond donors (Lipinski definition) is 0. The van der Waals surface area contributed by atoms with E-state index in [0.717, 1.165) is 5.56 Å². The van der Waals surface area contributed by atoms with E-state index in [1.54, 1.807) is 24.3 Å². The second-order valence-electron chi connectivity index (χ2n) is 7.87. The quantitative estimate of drug-likeness (QED) is 0.318. The van der Waals surface area contributed by atoms with Gasteiger partial charge in [0.2, 0.25) is 5.91 Å². The first kappa shape index (κ1) is 21.1. The lowest BCUT2D eigenvalue weighted by molar-refractivity contribution is -0.384. The molecule has 0 aromatic heterocycles. The maximum atomic E-state index is 13.5. The Balaban J connectivity index is 1.58.